The highest BCUT2D eigenvalue weighted by Crippen LogP contribution is 2.37. The highest BCUT2D eigenvalue weighted by molar-refractivity contribution is 6.15. The molecule has 1 heterocycles. The number of amides is 2. The number of esters is 1. The van der Waals surface area contributed by atoms with E-state index in [1.54, 1.807) is 44.2 Å². The van der Waals surface area contributed by atoms with E-state index in [-0.39, 0.29) is 18.4 Å². The van der Waals surface area contributed by atoms with Gasteiger partial charge in [-0.25, -0.2) is 4.79 Å². The lowest BCUT2D eigenvalue weighted by Crippen LogP contribution is -2.60. The fourth-order valence-electron chi connectivity index (χ4n) is 3.54. The summed E-state index contributed by atoms with van der Waals surface area (Å²) in [5.41, 5.74) is 0.935. The number of nitrogens with one attached hydrogen (secondary N) is 1. The Bertz CT molecular complexity index is 999. The fourth-order valence-corrected chi connectivity index (χ4v) is 3.54. The molecule has 0 spiro atoms. The smallest absolute Gasteiger partial charge is 0.344 e. The summed E-state index contributed by atoms with van der Waals surface area (Å²) >= 11 is 0. The quantitative estimate of drug-likeness (QED) is 0.712. The van der Waals surface area contributed by atoms with E-state index < -0.39 is 23.5 Å². The van der Waals surface area contributed by atoms with Crippen molar-refractivity contribution in [1.82, 2.24) is 0 Å². The number of nitrogens with zero attached hydrogens (tertiary/aromatic N) is 1. The van der Waals surface area contributed by atoms with Crippen molar-refractivity contribution in [2.24, 2.45) is 0 Å². The van der Waals surface area contributed by atoms with Crippen LogP contribution in [0.25, 0.3) is 0 Å². The number of carbonyl (C=O) groups is 3. The monoisotopic (exact) mass is 424 g/mol. The molecule has 1 atom stereocenters. The lowest BCUT2D eigenvalue weighted by molar-refractivity contribution is -0.156. The molecule has 7 heteroatoms. The van der Waals surface area contributed by atoms with Gasteiger partial charge in [-0.2, -0.15) is 0 Å². The molecule has 0 saturated heterocycles. The van der Waals surface area contributed by atoms with Crippen LogP contribution in [0.4, 0.5) is 11.4 Å². The number of fused-ring (bicyclic) bond motifs is 1. The summed E-state index contributed by atoms with van der Waals surface area (Å²) in [6, 6.07) is 14.5. The molecular weight excluding hydrogens is 396 g/mol. The molecule has 1 N–H and O–H groups in total. The zero-order chi connectivity index (χ0) is 22.8. The molecule has 1 aliphatic heterocycles. The first-order chi connectivity index (χ1) is 14.6. The van der Waals surface area contributed by atoms with E-state index in [1.165, 1.54) is 11.8 Å². The standard InChI is InChI=1S/C24H28N2O5/c1-15(2)17-10-6-9-13-20(17)30-14-21(27)31-16(3)22(28)26-19-12-8-7-11-18(19)25-23(29)24(26,4)5/h6-13,15-16H,14H2,1-5H3,(H,25,29)/t16-/m0/s1. The average Bonchev–Trinajstić information content (AvgIpc) is 2.72. The second-order valence-electron chi connectivity index (χ2n) is 8.32. The van der Waals surface area contributed by atoms with Crippen LogP contribution < -0.4 is 15.0 Å². The van der Waals surface area contributed by atoms with Crippen molar-refractivity contribution in [1.29, 1.82) is 0 Å². The predicted molar refractivity (Wildman–Crippen MR) is 118 cm³/mol. The molecular formula is C24H28N2O5. The minimum atomic E-state index is -1.14. The number of anilines is 2. The van der Waals surface area contributed by atoms with Crippen LogP contribution in [0.3, 0.4) is 0 Å². The largest absolute Gasteiger partial charge is 0.482 e. The van der Waals surface area contributed by atoms with Crippen LogP contribution in [0.15, 0.2) is 48.5 Å². The van der Waals surface area contributed by atoms with Crippen molar-refractivity contribution in [3.05, 3.63) is 54.1 Å². The van der Waals surface area contributed by atoms with Crippen molar-refractivity contribution in [3.63, 3.8) is 0 Å². The Morgan fingerprint density at radius 1 is 1.03 bits per heavy atom. The Labute approximate surface area is 182 Å². The first-order valence-electron chi connectivity index (χ1n) is 10.3. The summed E-state index contributed by atoms with van der Waals surface area (Å²) in [7, 11) is 0. The first-order valence-corrected chi connectivity index (χ1v) is 10.3. The topological polar surface area (TPSA) is 84.9 Å². The molecule has 0 saturated carbocycles. The van der Waals surface area contributed by atoms with Crippen LogP contribution in [-0.4, -0.2) is 36.0 Å². The lowest BCUT2D eigenvalue weighted by atomic mass is 9.95. The van der Waals surface area contributed by atoms with E-state index in [1.807, 2.05) is 32.0 Å². The Balaban J connectivity index is 1.70. The molecule has 0 fully saturated rings. The molecule has 0 aliphatic carbocycles. The molecule has 2 aromatic carbocycles. The third-order valence-electron chi connectivity index (χ3n) is 5.27. The van der Waals surface area contributed by atoms with Crippen LogP contribution in [0.1, 0.15) is 46.1 Å². The van der Waals surface area contributed by atoms with Gasteiger partial charge in [0.05, 0.1) is 11.4 Å². The van der Waals surface area contributed by atoms with Crippen LogP contribution in [0.5, 0.6) is 5.75 Å². The lowest BCUT2D eigenvalue weighted by Gasteiger charge is -2.42. The molecule has 0 aromatic heterocycles. The van der Waals surface area contributed by atoms with Gasteiger partial charge in [0.25, 0.3) is 5.91 Å². The van der Waals surface area contributed by atoms with Crippen molar-refractivity contribution >= 4 is 29.2 Å². The molecule has 2 aromatic rings. The van der Waals surface area contributed by atoms with Gasteiger partial charge in [-0.15, -0.1) is 0 Å². The highest BCUT2D eigenvalue weighted by Gasteiger charge is 2.45. The van der Waals surface area contributed by atoms with E-state index in [2.05, 4.69) is 5.32 Å². The maximum atomic E-state index is 13.2. The molecule has 0 bridgehead atoms. The van der Waals surface area contributed by atoms with E-state index in [0.717, 1.165) is 5.56 Å². The Hall–Kier alpha value is -3.35. The Morgan fingerprint density at radius 2 is 1.68 bits per heavy atom. The van der Waals surface area contributed by atoms with Crippen molar-refractivity contribution < 1.29 is 23.9 Å². The Kier molecular flexibility index (Phi) is 6.34. The number of hydrogen-bond acceptors (Lipinski definition) is 5. The van der Waals surface area contributed by atoms with E-state index in [9.17, 15) is 14.4 Å². The summed E-state index contributed by atoms with van der Waals surface area (Å²) in [5, 5.41) is 2.81. The summed E-state index contributed by atoms with van der Waals surface area (Å²) in [6.07, 6.45) is -1.09. The van der Waals surface area contributed by atoms with Crippen molar-refractivity contribution in [2.45, 2.75) is 52.2 Å². The minimum absolute atomic E-state index is 0.236. The van der Waals surface area contributed by atoms with Crippen LogP contribution in [0, 0.1) is 0 Å². The minimum Gasteiger partial charge on any atom is -0.482 e. The first kappa shape index (κ1) is 22.3. The zero-order valence-electron chi connectivity index (χ0n) is 18.5. The van der Waals surface area contributed by atoms with Gasteiger partial charge >= 0.3 is 5.97 Å². The van der Waals surface area contributed by atoms with Gasteiger partial charge in [-0.1, -0.05) is 44.2 Å². The summed E-state index contributed by atoms with van der Waals surface area (Å²) < 4.78 is 11.0. The molecule has 3 rings (SSSR count). The number of hydrogen-bond donors (Lipinski definition) is 1. The van der Waals surface area contributed by atoms with E-state index >= 15 is 0 Å². The number of carbonyl (C=O) groups excluding carboxylic acids is 3. The molecule has 7 nitrogen and oxygen atoms in total. The molecule has 0 unspecified atom stereocenters. The highest BCUT2D eigenvalue weighted by atomic mass is 16.6. The van der Waals surface area contributed by atoms with Gasteiger partial charge in [0.2, 0.25) is 5.91 Å². The number of rotatable bonds is 6. The maximum Gasteiger partial charge on any atom is 0.344 e. The molecule has 1 aliphatic rings. The van der Waals surface area contributed by atoms with Crippen LogP contribution in [-0.2, 0) is 19.1 Å². The van der Waals surface area contributed by atoms with Gasteiger partial charge in [0.1, 0.15) is 11.3 Å². The summed E-state index contributed by atoms with van der Waals surface area (Å²) in [6.45, 7) is 8.55. The third-order valence-corrected chi connectivity index (χ3v) is 5.27. The van der Waals surface area contributed by atoms with Crippen LogP contribution >= 0.6 is 0 Å². The molecule has 164 valence electrons. The summed E-state index contributed by atoms with van der Waals surface area (Å²) in [4.78, 5) is 39.5. The van der Waals surface area contributed by atoms with Gasteiger partial charge < -0.3 is 14.8 Å². The normalized spacial score (nSPS) is 15.7. The summed E-state index contributed by atoms with van der Waals surface area (Å²) in [5.74, 6) is -0.613. The van der Waals surface area contributed by atoms with Crippen molar-refractivity contribution in [3.8, 4) is 5.75 Å². The number of ether oxygens (including phenoxy) is 2. The molecule has 31 heavy (non-hydrogen) atoms. The van der Waals surface area contributed by atoms with E-state index in [4.69, 9.17) is 9.47 Å². The van der Waals surface area contributed by atoms with Gasteiger partial charge in [-0.05, 0) is 50.5 Å². The predicted octanol–water partition coefficient (Wildman–Crippen LogP) is 3.88. The average molecular weight is 424 g/mol. The van der Waals surface area contributed by atoms with Crippen LogP contribution in [0.2, 0.25) is 0 Å². The molecule has 0 radical (unpaired) electrons. The zero-order valence-corrected chi connectivity index (χ0v) is 18.5. The molecule has 2 amide bonds. The second kappa shape index (κ2) is 8.79. The second-order valence-corrected chi connectivity index (χ2v) is 8.32. The third kappa shape index (κ3) is 4.55. The Morgan fingerprint density at radius 3 is 2.39 bits per heavy atom. The maximum absolute atomic E-state index is 13.2. The fraction of sp³-hybridized carbons (Fsp3) is 0.375. The number of benzene rings is 2. The number of para-hydroxylation sites is 3. The van der Waals surface area contributed by atoms with E-state index in [0.29, 0.717) is 17.1 Å². The van der Waals surface area contributed by atoms with Gasteiger partial charge in [0.15, 0.2) is 12.7 Å². The van der Waals surface area contributed by atoms with Crippen molar-refractivity contribution in [2.75, 3.05) is 16.8 Å². The SMILES string of the molecule is CC(C)c1ccccc1OCC(=O)O[C@@H](C)C(=O)N1c2ccccc2NC(=O)C1(C)C. The van der Waals surface area contributed by atoms with Gasteiger partial charge in [-0.3, -0.25) is 14.5 Å². The van der Waals surface area contributed by atoms with Gasteiger partial charge in [0, 0.05) is 0 Å².